The summed E-state index contributed by atoms with van der Waals surface area (Å²) in [7, 11) is 0. The highest BCUT2D eigenvalue weighted by atomic mass is 16.6. The maximum atomic E-state index is 13.3. The van der Waals surface area contributed by atoms with Gasteiger partial charge in [0.1, 0.15) is 36.6 Å². The van der Waals surface area contributed by atoms with E-state index in [1.54, 1.807) is 6.92 Å². The fraction of sp³-hybridized carbons (Fsp3) is 0.737. The molecule has 3 aliphatic rings. The number of carbonyl (C=O) groups excluding carboxylic acids is 6. The van der Waals surface area contributed by atoms with Gasteiger partial charge in [-0.05, 0) is 44.4 Å². The van der Waals surface area contributed by atoms with Crippen molar-refractivity contribution >= 4 is 35.8 Å². The first kappa shape index (κ1) is 42.6. The number of esters is 6. The summed E-state index contributed by atoms with van der Waals surface area (Å²) >= 11 is 0. The minimum absolute atomic E-state index is 0.0461. The van der Waals surface area contributed by atoms with Gasteiger partial charge >= 0.3 is 35.8 Å². The quantitative estimate of drug-likeness (QED) is 0.148. The standard InChI is InChI=1S/C38H56O14/c1-9-11-12-13-14-16-32(43)51-29-20-28(49-24(5)40)36(7)27(48-23(4)39)18-17-26(21-47-31(42)15-10-2)19-30-38(46,22(3)35(44)52-30)34(50-25(6)41)33(36)37(29,8)45/h17-19,22,27-30,33-34,45-46H,9-16,20-21H2,1-8H3/b18-17-,26-19+/t22?,27-,28?,29?,30?,33?,34-,36+,37-,38-/m1/s1. The molecule has 2 aliphatic carbocycles. The number of fused-ring (bicyclic) bond motifs is 2. The molecule has 292 valence electrons. The third-order valence-electron chi connectivity index (χ3n) is 10.5. The van der Waals surface area contributed by atoms with Gasteiger partial charge < -0.3 is 38.6 Å². The lowest BCUT2D eigenvalue weighted by Crippen LogP contribution is -2.74. The van der Waals surface area contributed by atoms with Gasteiger partial charge in [0, 0.05) is 46.0 Å². The predicted molar refractivity (Wildman–Crippen MR) is 184 cm³/mol. The molecule has 2 fully saturated rings. The van der Waals surface area contributed by atoms with Crippen molar-refractivity contribution in [1.29, 1.82) is 0 Å². The monoisotopic (exact) mass is 736 g/mol. The summed E-state index contributed by atoms with van der Waals surface area (Å²) in [5.74, 6) is -7.38. The zero-order valence-corrected chi connectivity index (χ0v) is 31.6. The Bertz CT molecular complexity index is 1400. The summed E-state index contributed by atoms with van der Waals surface area (Å²) in [5, 5.41) is 25.5. The Hall–Kier alpha value is -3.78. The molecular weight excluding hydrogens is 680 g/mol. The van der Waals surface area contributed by atoms with Crippen molar-refractivity contribution in [2.75, 3.05) is 6.61 Å². The van der Waals surface area contributed by atoms with Crippen molar-refractivity contribution in [2.24, 2.45) is 17.3 Å². The van der Waals surface area contributed by atoms with Crippen LogP contribution in [0.2, 0.25) is 0 Å². The zero-order chi connectivity index (χ0) is 39.0. The van der Waals surface area contributed by atoms with E-state index >= 15 is 0 Å². The molecule has 0 aromatic rings. The van der Waals surface area contributed by atoms with Crippen LogP contribution in [0.15, 0.2) is 23.8 Å². The van der Waals surface area contributed by atoms with Crippen molar-refractivity contribution in [3.05, 3.63) is 23.8 Å². The second kappa shape index (κ2) is 17.8. The molecule has 10 atom stereocenters. The van der Waals surface area contributed by atoms with E-state index in [-0.39, 0.29) is 31.4 Å². The molecule has 0 amide bonds. The lowest BCUT2D eigenvalue weighted by Gasteiger charge is -2.60. The molecular formula is C38H56O14. The maximum Gasteiger partial charge on any atom is 0.312 e. The SMILES string of the molecule is CCCCCCCC(=O)OC1CC(OC(C)=O)[C@@]2(C)C([C@@H](OC(C)=O)[C@]3(O)C(/C=C(COC(=O)CCC)\C=C/[C@H]2OC(C)=O)OC(=O)C3C)[C@]1(C)O. The predicted octanol–water partition coefficient (Wildman–Crippen LogP) is 3.96. The van der Waals surface area contributed by atoms with Crippen molar-refractivity contribution in [3.8, 4) is 0 Å². The van der Waals surface area contributed by atoms with E-state index in [0.717, 1.165) is 46.5 Å². The topological polar surface area (TPSA) is 198 Å². The molecule has 52 heavy (non-hydrogen) atoms. The Kier molecular flexibility index (Phi) is 14.6. The van der Waals surface area contributed by atoms with E-state index in [1.807, 2.05) is 0 Å². The normalized spacial score (nSPS) is 35.7. The third-order valence-corrected chi connectivity index (χ3v) is 10.5. The molecule has 2 N–H and O–H groups in total. The number of hydrogen-bond acceptors (Lipinski definition) is 14. The van der Waals surface area contributed by atoms with E-state index in [9.17, 15) is 39.0 Å². The molecule has 0 aromatic heterocycles. The first-order chi connectivity index (χ1) is 24.3. The lowest BCUT2D eigenvalue weighted by atomic mass is 9.51. The highest BCUT2D eigenvalue weighted by molar-refractivity contribution is 5.78. The minimum atomic E-state index is -2.42. The molecule has 3 rings (SSSR count). The van der Waals surface area contributed by atoms with Crippen LogP contribution in [0.4, 0.5) is 0 Å². The van der Waals surface area contributed by atoms with E-state index in [1.165, 1.54) is 39.0 Å². The fourth-order valence-corrected chi connectivity index (χ4v) is 7.83. The highest BCUT2D eigenvalue weighted by Crippen LogP contribution is 2.58. The summed E-state index contributed by atoms with van der Waals surface area (Å²) in [4.78, 5) is 77.3. The van der Waals surface area contributed by atoms with Crippen LogP contribution < -0.4 is 0 Å². The Morgan fingerprint density at radius 1 is 0.827 bits per heavy atom. The molecule has 0 aromatic carbocycles. The Morgan fingerprint density at radius 2 is 1.46 bits per heavy atom. The van der Waals surface area contributed by atoms with Gasteiger partial charge in [0.05, 0.1) is 11.3 Å². The van der Waals surface area contributed by atoms with Gasteiger partial charge in [-0.25, -0.2) is 0 Å². The van der Waals surface area contributed by atoms with E-state index in [4.69, 9.17) is 28.4 Å². The number of unbranched alkanes of at least 4 members (excludes halogenated alkanes) is 4. The zero-order valence-electron chi connectivity index (χ0n) is 31.6. The van der Waals surface area contributed by atoms with Gasteiger partial charge in [-0.1, -0.05) is 52.5 Å². The van der Waals surface area contributed by atoms with E-state index in [0.29, 0.717) is 12.8 Å². The molecule has 5 unspecified atom stereocenters. The molecule has 14 heteroatoms. The van der Waals surface area contributed by atoms with E-state index in [2.05, 4.69) is 6.92 Å². The summed E-state index contributed by atoms with van der Waals surface area (Å²) in [6.07, 6.45) is 1.56. The summed E-state index contributed by atoms with van der Waals surface area (Å²) in [6, 6.07) is 0. The van der Waals surface area contributed by atoms with Crippen molar-refractivity contribution in [1.82, 2.24) is 0 Å². The van der Waals surface area contributed by atoms with Crippen molar-refractivity contribution in [2.45, 2.75) is 155 Å². The van der Waals surface area contributed by atoms with Crippen LogP contribution in [-0.2, 0) is 57.2 Å². The molecule has 14 nitrogen and oxygen atoms in total. The Balaban J connectivity index is 2.33. The van der Waals surface area contributed by atoms with Gasteiger partial charge in [-0.2, -0.15) is 0 Å². The number of aliphatic hydroxyl groups is 2. The average Bonchev–Trinajstić information content (AvgIpc) is 3.26. The van der Waals surface area contributed by atoms with Crippen LogP contribution in [0.1, 0.15) is 113 Å². The smallest absolute Gasteiger partial charge is 0.312 e. The molecule has 0 spiro atoms. The van der Waals surface area contributed by atoms with Crippen molar-refractivity contribution in [3.63, 3.8) is 0 Å². The maximum absolute atomic E-state index is 13.3. The van der Waals surface area contributed by atoms with Crippen LogP contribution >= 0.6 is 0 Å². The van der Waals surface area contributed by atoms with E-state index < -0.39 is 94.8 Å². The first-order valence-electron chi connectivity index (χ1n) is 18.2. The Morgan fingerprint density at radius 3 is 2.06 bits per heavy atom. The molecule has 1 saturated carbocycles. The highest BCUT2D eigenvalue weighted by Gasteiger charge is 2.72. The molecule has 1 aliphatic heterocycles. The Labute approximate surface area is 305 Å². The number of carbonyl (C=O) groups is 6. The van der Waals surface area contributed by atoms with Crippen LogP contribution in [0.25, 0.3) is 0 Å². The first-order valence-corrected chi connectivity index (χ1v) is 18.2. The number of ether oxygens (including phenoxy) is 6. The number of hydrogen-bond donors (Lipinski definition) is 2. The van der Waals surface area contributed by atoms with Crippen LogP contribution in [0, 0.1) is 17.3 Å². The van der Waals surface area contributed by atoms with Crippen LogP contribution in [-0.4, -0.2) is 94.4 Å². The average molecular weight is 737 g/mol. The molecule has 0 radical (unpaired) electrons. The molecule has 1 heterocycles. The van der Waals surface area contributed by atoms with Gasteiger partial charge in [-0.3, -0.25) is 28.8 Å². The summed E-state index contributed by atoms with van der Waals surface area (Å²) in [6.45, 7) is 11.2. The fourth-order valence-electron chi connectivity index (χ4n) is 7.83. The van der Waals surface area contributed by atoms with Crippen LogP contribution in [0.3, 0.4) is 0 Å². The number of rotatable bonds is 14. The van der Waals surface area contributed by atoms with Gasteiger partial charge in [0.2, 0.25) is 0 Å². The second-order valence-corrected chi connectivity index (χ2v) is 14.6. The summed E-state index contributed by atoms with van der Waals surface area (Å²) < 4.78 is 34.7. The largest absolute Gasteiger partial charge is 0.462 e. The molecule has 1 saturated heterocycles. The molecule has 0 bridgehead atoms. The summed E-state index contributed by atoms with van der Waals surface area (Å²) in [5.41, 5.74) is -6.14. The third kappa shape index (κ3) is 9.41. The van der Waals surface area contributed by atoms with Gasteiger partial charge in [-0.15, -0.1) is 0 Å². The van der Waals surface area contributed by atoms with Gasteiger partial charge in [0.25, 0.3) is 0 Å². The van der Waals surface area contributed by atoms with Crippen LogP contribution in [0.5, 0.6) is 0 Å². The minimum Gasteiger partial charge on any atom is -0.462 e. The second-order valence-electron chi connectivity index (χ2n) is 14.6. The van der Waals surface area contributed by atoms with Gasteiger partial charge in [0.15, 0.2) is 11.7 Å². The van der Waals surface area contributed by atoms with Crippen molar-refractivity contribution < 1.29 is 67.4 Å². The lowest BCUT2D eigenvalue weighted by molar-refractivity contribution is -0.286.